The third-order valence-corrected chi connectivity index (χ3v) is 6.78. The Bertz CT molecular complexity index is 675. The van der Waals surface area contributed by atoms with Gasteiger partial charge in [-0.3, -0.25) is 0 Å². The fourth-order valence-electron chi connectivity index (χ4n) is 3.34. The highest BCUT2D eigenvalue weighted by atomic mass is 35.5. The molecule has 6 heteroatoms. The van der Waals surface area contributed by atoms with Crippen molar-refractivity contribution in [2.24, 2.45) is 0 Å². The molecule has 1 saturated heterocycles. The van der Waals surface area contributed by atoms with Crippen LogP contribution in [0.5, 0.6) is 0 Å². The van der Waals surface area contributed by atoms with Gasteiger partial charge in [-0.05, 0) is 69.1 Å². The molecule has 24 heavy (non-hydrogen) atoms. The summed E-state index contributed by atoms with van der Waals surface area (Å²) in [5.74, 6) is 0. The highest BCUT2D eigenvalue weighted by molar-refractivity contribution is 7.92. The Morgan fingerprint density at radius 1 is 1.12 bits per heavy atom. The van der Waals surface area contributed by atoms with Gasteiger partial charge in [0.15, 0.2) is 0 Å². The van der Waals surface area contributed by atoms with Gasteiger partial charge < -0.3 is 4.90 Å². The van der Waals surface area contributed by atoms with Crippen LogP contribution in [-0.2, 0) is 10.0 Å². The van der Waals surface area contributed by atoms with Gasteiger partial charge in [-0.25, -0.2) is 8.42 Å². The standard InChI is InChI=1S/C18H25ClN2O2S/c1-2-20-12-9-18(10-13-20)21(17-7-8-17)24(22,23)14-11-15-3-5-16(19)6-4-15/h3-6,11,14,17-18H,2,7-10,12-13H2,1H3/b14-11+. The van der Waals surface area contributed by atoms with Crippen molar-refractivity contribution in [3.63, 3.8) is 0 Å². The van der Waals surface area contributed by atoms with E-state index in [1.54, 1.807) is 22.5 Å². The predicted molar refractivity (Wildman–Crippen MR) is 99.4 cm³/mol. The van der Waals surface area contributed by atoms with Crippen LogP contribution in [0.3, 0.4) is 0 Å². The average Bonchev–Trinajstić information content (AvgIpc) is 3.40. The normalized spacial score (nSPS) is 21.0. The summed E-state index contributed by atoms with van der Waals surface area (Å²) in [6.07, 6.45) is 5.50. The molecule has 1 saturated carbocycles. The molecule has 0 atom stereocenters. The number of hydrogen-bond acceptors (Lipinski definition) is 3. The van der Waals surface area contributed by atoms with Gasteiger partial charge in [-0.1, -0.05) is 30.7 Å². The molecule has 0 unspecified atom stereocenters. The Balaban J connectivity index is 1.73. The van der Waals surface area contributed by atoms with Gasteiger partial charge >= 0.3 is 0 Å². The maximum Gasteiger partial charge on any atom is 0.236 e. The molecule has 1 aromatic rings. The second kappa shape index (κ2) is 7.56. The summed E-state index contributed by atoms with van der Waals surface area (Å²) in [5.41, 5.74) is 0.847. The molecular formula is C18H25ClN2O2S. The molecule has 0 spiro atoms. The second-order valence-electron chi connectivity index (χ2n) is 6.63. The van der Waals surface area contributed by atoms with Crippen molar-refractivity contribution in [2.75, 3.05) is 19.6 Å². The van der Waals surface area contributed by atoms with E-state index >= 15 is 0 Å². The maximum absolute atomic E-state index is 12.9. The average molecular weight is 369 g/mol. The maximum atomic E-state index is 12.9. The predicted octanol–water partition coefficient (Wildman–Crippen LogP) is 3.59. The first-order valence-corrected chi connectivity index (χ1v) is 10.6. The molecular weight excluding hydrogens is 344 g/mol. The van der Waals surface area contributed by atoms with Gasteiger partial charge in [0.05, 0.1) is 0 Å². The Hall–Kier alpha value is -0.880. The molecule has 1 heterocycles. The lowest BCUT2D eigenvalue weighted by Gasteiger charge is -2.37. The van der Waals surface area contributed by atoms with Crippen molar-refractivity contribution in [3.8, 4) is 0 Å². The van der Waals surface area contributed by atoms with E-state index < -0.39 is 10.0 Å². The van der Waals surface area contributed by atoms with E-state index in [2.05, 4.69) is 11.8 Å². The zero-order valence-electron chi connectivity index (χ0n) is 14.1. The van der Waals surface area contributed by atoms with E-state index in [4.69, 9.17) is 11.6 Å². The largest absolute Gasteiger partial charge is 0.303 e. The third kappa shape index (κ3) is 4.39. The molecule has 4 nitrogen and oxygen atoms in total. The van der Waals surface area contributed by atoms with E-state index in [0.29, 0.717) is 5.02 Å². The fraction of sp³-hybridized carbons (Fsp3) is 0.556. The van der Waals surface area contributed by atoms with Crippen LogP contribution in [0.15, 0.2) is 29.7 Å². The number of likely N-dealkylation sites (tertiary alicyclic amines) is 1. The van der Waals surface area contributed by atoms with Crippen molar-refractivity contribution in [1.82, 2.24) is 9.21 Å². The number of nitrogens with zero attached hydrogens (tertiary/aromatic N) is 2. The fourth-order valence-corrected chi connectivity index (χ4v) is 5.19. The Labute approximate surface area is 150 Å². The SMILES string of the molecule is CCN1CCC(N(C2CC2)S(=O)(=O)/C=C/c2ccc(Cl)cc2)CC1. The first-order chi connectivity index (χ1) is 11.5. The lowest BCUT2D eigenvalue weighted by molar-refractivity contribution is 0.162. The summed E-state index contributed by atoms with van der Waals surface area (Å²) in [6, 6.07) is 7.54. The summed E-state index contributed by atoms with van der Waals surface area (Å²) >= 11 is 5.87. The molecule has 1 aliphatic carbocycles. The molecule has 2 aliphatic rings. The lowest BCUT2D eigenvalue weighted by atomic mass is 10.1. The Morgan fingerprint density at radius 2 is 1.71 bits per heavy atom. The van der Waals surface area contributed by atoms with E-state index in [-0.39, 0.29) is 12.1 Å². The van der Waals surface area contributed by atoms with E-state index in [1.807, 2.05) is 12.1 Å². The van der Waals surface area contributed by atoms with Gasteiger partial charge in [0.2, 0.25) is 10.0 Å². The minimum absolute atomic E-state index is 0.139. The topological polar surface area (TPSA) is 40.6 Å². The summed E-state index contributed by atoms with van der Waals surface area (Å²) in [5, 5.41) is 2.01. The van der Waals surface area contributed by atoms with Crippen LogP contribution >= 0.6 is 11.6 Å². The Kier molecular flexibility index (Phi) is 5.65. The molecule has 0 amide bonds. The zero-order valence-corrected chi connectivity index (χ0v) is 15.6. The van der Waals surface area contributed by atoms with Crippen LogP contribution < -0.4 is 0 Å². The molecule has 0 aromatic heterocycles. The van der Waals surface area contributed by atoms with Crippen molar-refractivity contribution >= 4 is 27.7 Å². The second-order valence-corrected chi connectivity index (χ2v) is 8.79. The lowest BCUT2D eigenvalue weighted by Crippen LogP contribution is -2.47. The van der Waals surface area contributed by atoms with Crippen LogP contribution in [0.1, 0.15) is 38.2 Å². The monoisotopic (exact) mass is 368 g/mol. The summed E-state index contributed by atoms with van der Waals surface area (Å²) in [4.78, 5) is 2.39. The Morgan fingerprint density at radius 3 is 2.25 bits per heavy atom. The van der Waals surface area contributed by atoms with E-state index in [1.165, 1.54) is 5.41 Å². The number of benzene rings is 1. The van der Waals surface area contributed by atoms with Gasteiger partial charge in [0, 0.05) is 22.5 Å². The molecule has 0 bridgehead atoms. The first-order valence-electron chi connectivity index (χ1n) is 8.69. The van der Waals surface area contributed by atoms with Crippen LogP contribution in [-0.4, -0.2) is 49.3 Å². The quantitative estimate of drug-likeness (QED) is 0.770. The number of hydrogen-bond donors (Lipinski definition) is 0. The van der Waals surface area contributed by atoms with Crippen molar-refractivity contribution in [3.05, 3.63) is 40.3 Å². The van der Waals surface area contributed by atoms with Gasteiger partial charge in [-0.15, -0.1) is 0 Å². The summed E-state index contributed by atoms with van der Waals surface area (Å²) in [7, 11) is -3.39. The highest BCUT2D eigenvalue weighted by Gasteiger charge is 2.41. The molecule has 0 N–H and O–H groups in total. The van der Waals surface area contributed by atoms with Crippen LogP contribution in [0.25, 0.3) is 6.08 Å². The van der Waals surface area contributed by atoms with Crippen molar-refractivity contribution in [2.45, 2.75) is 44.7 Å². The highest BCUT2D eigenvalue weighted by Crippen LogP contribution is 2.35. The number of rotatable bonds is 6. The number of piperidine rings is 1. The van der Waals surface area contributed by atoms with Crippen LogP contribution in [0.4, 0.5) is 0 Å². The minimum Gasteiger partial charge on any atom is -0.303 e. The smallest absolute Gasteiger partial charge is 0.236 e. The molecule has 0 radical (unpaired) electrons. The van der Waals surface area contributed by atoms with Gasteiger partial charge in [-0.2, -0.15) is 4.31 Å². The molecule has 1 aliphatic heterocycles. The van der Waals surface area contributed by atoms with E-state index in [9.17, 15) is 8.42 Å². The van der Waals surface area contributed by atoms with Crippen molar-refractivity contribution < 1.29 is 8.42 Å². The van der Waals surface area contributed by atoms with Gasteiger partial charge in [0.1, 0.15) is 0 Å². The van der Waals surface area contributed by atoms with Crippen molar-refractivity contribution in [1.29, 1.82) is 0 Å². The van der Waals surface area contributed by atoms with E-state index in [0.717, 1.165) is 50.9 Å². The number of sulfonamides is 1. The third-order valence-electron chi connectivity index (χ3n) is 4.87. The zero-order chi connectivity index (χ0) is 17.2. The summed E-state index contributed by atoms with van der Waals surface area (Å²) < 4.78 is 27.6. The minimum atomic E-state index is -3.39. The van der Waals surface area contributed by atoms with Crippen LogP contribution in [0, 0.1) is 0 Å². The molecule has 3 rings (SSSR count). The first kappa shape index (κ1) is 17.9. The summed E-state index contributed by atoms with van der Waals surface area (Å²) in [6.45, 7) is 5.17. The number of halogens is 1. The van der Waals surface area contributed by atoms with Crippen LogP contribution in [0.2, 0.25) is 5.02 Å². The molecule has 2 fully saturated rings. The van der Waals surface area contributed by atoms with Gasteiger partial charge in [0.25, 0.3) is 0 Å². The molecule has 132 valence electrons. The molecule has 1 aromatic carbocycles.